The number of hydrogen-bond donors (Lipinski definition) is 1. The number of likely N-dealkylation sites (N-methyl/N-ethyl adjacent to an activating group) is 1. The first-order valence-electron chi connectivity index (χ1n) is 8.50. The van der Waals surface area contributed by atoms with Gasteiger partial charge in [-0.1, -0.05) is 6.92 Å². The summed E-state index contributed by atoms with van der Waals surface area (Å²) in [5.74, 6) is 0.364. The number of hydrogen-bond acceptors (Lipinski definition) is 4. The molecule has 3 aliphatic rings. The topological polar surface area (TPSA) is 38.8 Å². The number of likely N-dealkylation sites (tertiary alicyclic amines) is 1. The second-order valence-corrected chi connectivity index (χ2v) is 7.48. The van der Waals surface area contributed by atoms with Gasteiger partial charge >= 0.3 is 0 Å². The number of piperazine rings is 1. The number of nitrogens with one attached hydrogen (secondary N) is 1. The number of carbonyl (C=O) groups excluding carboxylic acids is 1. The Hall–Kier alpha value is -0.650. The van der Waals surface area contributed by atoms with Crippen molar-refractivity contribution < 1.29 is 4.79 Å². The van der Waals surface area contributed by atoms with Crippen molar-refractivity contribution in [1.29, 1.82) is 0 Å². The highest BCUT2D eigenvalue weighted by molar-refractivity contribution is 5.82. The molecule has 1 amide bonds. The summed E-state index contributed by atoms with van der Waals surface area (Å²) in [5, 5.41) is 3.47. The molecule has 0 bridgehead atoms. The van der Waals surface area contributed by atoms with Crippen molar-refractivity contribution in [2.45, 2.75) is 32.2 Å². The number of amides is 1. The normalized spacial score (nSPS) is 35.5. The maximum absolute atomic E-state index is 12.6. The Morgan fingerprint density at radius 2 is 2.00 bits per heavy atom. The second-order valence-electron chi connectivity index (χ2n) is 7.48. The van der Waals surface area contributed by atoms with Crippen molar-refractivity contribution >= 4 is 5.91 Å². The largest absolute Gasteiger partial charge is 0.339 e. The molecule has 0 aliphatic carbocycles. The van der Waals surface area contributed by atoms with E-state index in [1.54, 1.807) is 0 Å². The molecule has 120 valence electrons. The van der Waals surface area contributed by atoms with Gasteiger partial charge in [0.25, 0.3) is 0 Å². The van der Waals surface area contributed by atoms with Crippen LogP contribution in [0.3, 0.4) is 0 Å². The molecule has 3 heterocycles. The van der Waals surface area contributed by atoms with Crippen molar-refractivity contribution in [2.75, 3.05) is 59.4 Å². The van der Waals surface area contributed by atoms with Crippen molar-refractivity contribution in [2.24, 2.45) is 5.41 Å². The van der Waals surface area contributed by atoms with Crippen LogP contribution in [0.25, 0.3) is 0 Å². The maximum atomic E-state index is 12.6. The molecule has 0 radical (unpaired) electrons. The fourth-order valence-electron chi connectivity index (χ4n) is 4.10. The van der Waals surface area contributed by atoms with Gasteiger partial charge in [-0.3, -0.25) is 14.6 Å². The van der Waals surface area contributed by atoms with Crippen LogP contribution in [-0.4, -0.2) is 86.1 Å². The van der Waals surface area contributed by atoms with Gasteiger partial charge in [0.15, 0.2) is 0 Å². The molecule has 2 unspecified atom stereocenters. The van der Waals surface area contributed by atoms with E-state index in [4.69, 9.17) is 0 Å². The summed E-state index contributed by atoms with van der Waals surface area (Å²) >= 11 is 0. The minimum atomic E-state index is 0.146. The van der Waals surface area contributed by atoms with Gasteiger partial charge in [-0.05, 0) is 44.8 Å². The van der Waals surface area contributed by atoms with Gasteiger partial charge in [-0.25, -0.2) is 0 Å². The molecule has 5 nitrogen and oxygen atoms in total. The van der Waals surface area contributed by atoms with Crippen LogP contribution in [0.4, 0.5) is 0 Å². The van der Waals surface area contributed by atoms with Crippen molar-refractivity contribution in [3.8, 4) is 0 Å². The van der Waals surface area contributed by atoms with E-state index in [1.807, 2.05) is 0 Å². The molecule has 3 saturated heterocycles. The number of rotatable bonds is 3. The van der Waals surface area contributed by atoms with Crippen LogP contribution in [0.5, 0.6) is 0 Å². The quantitative estimate of drug-likeness (QED) is 0.808. The summed E-state index contributed by atoms with van der Waals surface area (Å²) in [5.41, 5.74) is 0.428. The third-order valence-corrected chi connectivity index (χ3v) is 5.55. The Labute approximate surface area is 128 Å². The van der Waals surface area contributed by atoms with E-state index in [9.17, 15) is 4.79 Å². The molecule has 2 atom stereocenters. The predicted octanol–water partition coefficient (Wildman–Crippen LogP) is 0.224. The van der Waals surface area contributed by atoms with Gasteiger partial charge in [0.1, 0.15) is 0 Å². The van der Waals surface area contributed by atoms with E-state index in [2.05, 4.69) is 34.0 Å². The minimum absolute atomic E-state index is 0.146. The van der Waals surface area contributed by atoms with Gasteiger partial charge in [0.2, 0.25) is 5.91 Å². The van der Waals surface area contributed by atoms with E-state index < -0.39 is 0 Å². The molecule has 21 heavy (non-hydrogen) atoms. The van der Waals surface area contributed by atoms with Crippen LogP contribution in [0.1, 0.15) is 26.2 Å². The minimum Gasteiger partial charge on any atom is -0.339 e. The third-order valence-electron chi connectivity index (χ3n) is 5.55. The maximum Gasteiger partial charge on any atom is 0.240 e. The lowest BCUT2D eigenvalue weighted by atomic mass is 9.89. The fraction of sp³-hybridized carbons (Fsp3) is 0.938. The Bertz CT molecular complexity index is 372. The Kier molecular flexibility index (Phi) is 4.52. The standard InChI is InChI=1S/C16H30N4O/c1-16(5-6-17-12-16)13-19-8-10-20(11-9-19)15(21)14-4-3-7-18(14)2/h14,17H,3-13H2,1-2H3. The SMILES string of the molecule is CN1CCCC1C(=O)N1CCN(CC2(C)CCNC2)CC1. The zero-order chi connectivity index (χ0) is 14.9. The average Bonchev–Trinajstić information content (AvgIpc) is 3.08. The Balaban J connectivity index is 1.47. The van der Waals surface area contributed by atoms with Gasteiger partial charge < -0.3 is 10.2 Å². The van der Waals surface area contributed by atoms with E-state index in [0.717, 1.165) is 58.7 Å². The molecule has 1 N–H and O–H groups in total. The first-order valence-corrected chi connectivity index (χ1v) is 8.50. The fourth-order valence-corrected chi connectivity index (χ4v) is 4.10. The van der Waals surface area contributed by atoms with Crippen molar-refractivity contribution in [3.63, 3.8) is 0 Å². The van der Waals surface area contributed by atoms with E-state index in [0.29, 0.717) is 11.3 Å². The van der Waals surface area contributed by atoms with Crippen molar-refractivity contribution in [1.82, 2.24) is 20.0 Å². The van der Waals surface area contributed by atoms with Gasteiger partial charge in [-0.15, -0.1) is 0 Å². The highest BCUT2D eigenvalue weighted by Gasteiger charge is 2.35. The summed E-state index contributed by atoms with van der Waals surface area (Å²) < 4.78 is 0. The summed E-state index contributed by atoms with van der Waals surface area (Å²) in [7, 11) is 2.08. The van der Waals surface area contributed by atoms with Gasteiger partial charge in [-0.2, -0.15) is 0 Å². The molecule has 3 fully saturated rings. The third kappa shape index (κ3) is 3.41. The zero-order valence-electron chi connectivity index (χ0n) is 13.6. The molecule has 3 aliphatic heterocycles. The van der Waals surface area contributed by atoms with Crippen LogP contribution in [0, 0.1) is 5.41 Å². The van der Waals surface area contributed by atoms with Crippen LogP contribution < -0.4 is 5.32 Å². The van der Waals surface area contributed by atoms with E-state index >= 15 is 0 Å². The summed E-state index contributed by atoms with van der Waals surface area (Å²) in [6, 6.07) is 0.146. The lowest BCUT2D eigenvalue weighted by molar-refractivity contribution is -0.137. The second kappa shape index (κ2) is 6.23. The number of carbonyl (C=O) groups is 1. The zero-order valence-corrected chi connectivity index (χ0v) is 13.6. The Morgan fingerprint density at radius 3 is 2.57 bits per heavy atom. The van der Waals surface area contributed by atoms with Gasteiger partial charge in [0, 0.05) is 39.3 Å². The molecule has 0 saturated carbocycles. The lowest BCUT2D eigenvalue weighted by Crippen LogP contribution is -2.54. The average molecular weight is 294 g/mol. The molecule has 3 rings (SSSR count). The first kappa shape index (κ1) is 15.3. The van der Waals surface area contributed by atoms with E-state index in [1.165, 1.54) is 13.0 Å². The van der Waals surface area contributed by atoms with Crippen LogP contribution in [-0.2, 0) is 4.79 Å². The molecule has 5 heteroatoms. The van der Waals surface area contributed by atoms with Crippen LogP contribution >= 0.6 is 0 Å². The Morgan fingerprint density at radius 1 is 1.24 bits per heavy atom. The van der Waals surface area contributed by atoms with Crippen molar-refractivity contribution in [3.05, 3.63) is 0 Å². The molecule has 0 aromatic carbocycles. The van der Waals surface area contributed by atoms with Crippen LogP contribution in [0.2, 0.25) is 0 Å². The molecule has 0 spiro atoms. The molecular formula is C16H30N4O. The highest BCUT2D eigenvalue weighted by Crippen LogP contribution is 2.26. The molecular weight excluding hydrogens is 264 g/mol. The molecule has 0 aromatic heterocycles. The molecule has 0 aromatic rings. The van der Waals surface area contributed by atoms with Crippen LogP contribution in [0.15, 0.2) is 0 Å². The predicted molar refractivity (Wildman–Crippen MR) is 84.3 cm³/mol. The summed E-state index contributed by atoms with van der Waals surface area (Å²) in [6.45, 7) is 10.8. The lowest BCUT2D eigenvalue weighted by Gasteiger charge is -2.39. The summed E-state index contributed by atoms with van der Waals surface area (Å²) in [6.07, 6.45) is 3.48. The highest BCUT2D eigenvalue weighted by atomic mass is 16.2. The monoisotopic (exact) mass is 294 g/mol. The first-order chi connectivity index (χ1) is 10.1. The number of nitrogens with zero attached hydrogens (tertiary/aromatic N) is 3. The summed E-state index contributed by atoms with van der Waals surface area (Å²) in [4.78, 5) is 19.4. The van der Waals surface area contributed by atoms with E-state index in [-0.39, 0.29) is 6.04 Å². The smallest absolute Gasteiger partial charge is 0.240 e. The van der Waals surface area contributed by atoms with Gasteiger partial charge in [0.05, 0.1) is 6.04 Å².